The summed E-state index contributed by atoms with van der Waals surface area (Å²) >= 11 is 0. The maximum atomic E-state index is 12.4. The van der Waals surface area contributed by atoms with Crippen molar-refractivity contribution in [1.82, 2.24) is 5.32 Å². The van der Waals surface area contributed by atoms with Crippen LogP contribution in [0.4, 0.5) is 22.0 Å². The highest BCUT2D eigenvalue weighted by atomic mass is 32.2. The zero-order valence-corrected chi connectivity index (χ0v) is 9.62. The highest BCUT2D eigenvalue weighted by Crippen LogP contribution is 2.35. The van der Waals surface area contributed by atoms with E-state index in [0.717, 1.165) is 13.2 Å². The smallest absolute Gasteiger partial charge is 0.347 e. The van der Waals surface area contributed by atoms with E-state index in [9.17, 15) is 35.2 Å². The van der Waals surface area contributed by atoms with Crippen LogP contribution in [0.15, 0.2) is 0 Å². The van der Waals surface area contributed by atoms with E-state index < -0.39 is 39.6 Å². The third-order valence-corrected chi connectivity index (χ3v) is 2.68. The standard InChI is InChI=1S/C7H10F5NO3S/c1-4(3-17(2,15)16)13-5(14)6(8,9)7(10,11)12/h4H,3H2,1-2H3,(H,13,14). The Bertz CT molecular complexity index is 389. The van der Waals surface area contributed by atoms with Crippen LogP contribution in [0.1, 0.15) is 6.92 Å². The third kappa shape index (κ3) is 4.84. The molecule has 102 valence electrons. The molecule has 17 heavy (non-hydrogen) atoms. The van der Waals surface area contributed by atoms with E-state index in [1.807, 2.05) is 0 Å². The summed E-state index contributed by atoms with van der Waals surface area (Å²) in [5.41, 5.74) is 0. The summed E-state index contributed by atoms with van der Waals surface area (Å²) in [5.74, 6) is -8.84. The monoisotopic (exact) mass is 283 g/mol. The molecule has 0 aliphatic rings. The molecule has 10 heteroatoms. The topological polar surface area (TPSA) is 63.2 Å². The zero-order valence-electron chi connectivity index (χ0n) is 8.81. The molecule has 0 saturated heterocycles. The van der Waals surface area contributed by atoms with Gasteiger partial charge in [-0.15, -0.1) is 0 Å². The maximum absolute atomic E-state index is 12.4. The maximum Gasteiger partial charge on any atom is 0.463 e. The molecule has 0 rings (SSSR count). The van der Waals surface area contributed by atoms with Crippen molar-refractivity contribution in [1.29, 1.82) is 0 Å². The Morgan fingerprint density at radius 2 is 1.65 bits per heavy atom. The second-order valence-electron chi connectivity index (χ2n) is 3.54. The Labute approximate surface area is 94.1 Å². The van der Waals surface area contributed by atoms with Crippen molar-refractivity contribution in [3.8, 4) is 0 Å². The molecule has 0 aromatic carbocycles. The first kappa shape index (κ1) is 16.1. The van der Waals surface area contributed by atoms with Gasteiger partial charge in [0.05, 0.1) is 5.75 Å². The molecule has 0 aromatic rings. The first-order chi connectivity index (χ1) is 7.27. The summed E-state index contributed by atoms with van der Waals surface area (Å²) in [4.78, 5) is 10.6. The molecule has 4 nitrogen and oxygen atoms in total. The molecule has 0 aliphatic heterocycles. The van der Waals surface area contributed by atoms with Crippen LogP contribution in [0.2, 0.25) is 0 Å². The van der Waals surface area contributed by atoms with Crippen molar-refractivity contribution in [2.24, 2.45) is 0 Å². The van der Waals surface area contributed by atoms with E-state index in [1.54, 1.807) is 0 Å². The zero-order chi connectivity index (χ0) is 14.1. The summed E-state index contributed by atoms with van der Waals surface area (Å²) in [6.07, 6.45) is -5.25. The number of sulfone groups is 1. The van der Waals surface area contributed by atoms with Gasteiger partial charge in [0.2, 0.25) is 0 Å². The van der Waals surface area contributed by atoms with Gasteiger partial charge in [-0.25, -0.2) is 8.42 Å². The predicted molar refractivity (Wildman–Crippen MR) is 48.3 cm³/mol. The summed E-state index contributed by atoms with van der Waals surface area (Å²) < 4.78 is 81.5. The molecule has 0 aliphatic carbocycles. The van der Waals surface area contributed by atoms with Gasteiger partial charge in [-0.2, -0.15) is 22.0 Å². The highest BCUT2D eigenvalue weighted by molar-refractivity contribution is 7.90. The van der Waals surface area contributed by atoms with Gasteiger partial charge in [0.25, 0.3) is 0 Å². The molecule has 0 heterocycles. The van der Waals surface area contributed by atoms with E-state index in [2.05, 4.69) is 0 Å². The van der Waals surface area contributed by atoms with Gasteiger partial charge >= 0.3 is 18.0 Å². The number of nitrogens with one attached hydrogen (secondary N) is 1. The number of rotatable bonds is 4. The van der Waals surface area contributed by atoms with Crippen molar-refractivity contribution in [3.05, 3.63) is 0 Å². The van der Waals surface area contributed by atoms with E-state index in [-0.39, 0.29) is 0 Å². The number of amides is 1. The number of halogens is 5. The lowest BCUT2D eigenvalue weighted by Gasteiger charge is -2.21. The van der Waals surface area contributed by atoms with Crippen molar-refractivity contribution >= 4 is 15.7 Å². The summed E-state index contributed by atoms with van der Waals surface area (Å²) in [7, 11) is -3.59. The molecule has 0 radical (unpaired) electrons. The van der Waals surface area contributed by atoms with Crippen LogP contribution < -0.4 is 5.32 Å². The average molecular weight is 283 g/mol. The fourth-order valence-electron chi connectivity index (χ4n) is 0.939. The fraction of sp³-hybridized carbons (Fsp3) is 0.857. The van der Waals surface area contributed by atoms with E-state index >= 15 is 0 Å². The molecule has 1 amide bonds. The van der Waals surface area contributed by atoms with Gasteiger partial charge in [0, 0.05) is 12.3 Å². The quantitative estimate of drug-likeness (QED) is 0.774. The first-order valence-corrected chi connectivity index (χ1v) is 6.26. The Morgan fingerprint density at radius 3 is 1.94 bits per heavy atom. The van der Waals surface area contributed by atoms with Gasteiger partial charge in [0.1, 0.15) is 9.84 Å². The van der Waals surface area contributed by atoms with Crippen LogP contribution in [0.5, 0.6) is 0 Å². The minimum atomic E-state index is -6.01. The molecule has 1 unspecified atom stereocenters. The van der Waals surface area contributed by atoms with Gasteiger partial charge < -0.3 is 5.32 Å². The number of alkyl halides is 5. The molecule has 0 saturated carbocycles. The van der Waals surface area contributed by atoms with Crippen LogP contribution in [-0.4, -0.2) is 44.5 Å². The SMILES string of the molecule is CC(CS(C)(=O)=O)NC(=O)C(F)(F)C(F)(F)F. The average Bonchev–Trinajstić information content (AvgIpc) is 1.97. The molecule has 1 N–H and O–H groups in total. The van der Waals surface area contributed by atoms with Crippen LogP contribution >= 0.6 is 0 Å². The van der Waals surface area contributed by atoms with Crippen LogP contribution in [-0.2, 0) is 14.6 Å². The van der Waals surface area contributed by atoms with Gasteiger partial charge in [-0.05, 0) is 6.92 Å². The Morgan fingerprint density at radius 1 is 1.24 bits per heavy atom. The van der Waals surface area contributed by atoms with E-state index in [0.29, 0.717) is 0 Å². The van der Waals surface area contributed by atoms with Crippen molar-refractivity contribution < 1.29 is 35.2 Å². The first-order valence-electron chi connectivity index (χ1n) is 4.20. The summed E-state index contributed by atoms with van der Waals surface area (Å²) in [5, 5.41) is 1.30. The van der Waals surface area contributed by atoms with Crippen LogP contribution in [0.25, 0.3) is 0 Å². The van der Waals surface area contributed by atoms with Gasteiger partial charge in [-0.1, -0.05) is 0 Å². The van der Waals surface area contributed by atoms with Crippen molar-refractivity contribution in [3.63, 3.8) is 0 Å². The molecule has 0 aromatic heterocycles. The van der Waals surface area contributed by atoms with Crippen LogP contribution in [0.3, 0.4) is 0 Å². The molecule has 0 fully saturated rings. The summed E-state index contributed by atoms with van der Waals surface area (Å²) in [6, 6.07) is -1.34. The fourth-order valence-corrected chi connectivity index (χ4v) is 1.93. The molecule has 0 spiro atoms. The number of hydrogen-bond acceptors (Lipinski definition) is 3. The lowest BCUT2D eigenvalue weighted by molar-refractivity contribution is -0.269. The molecule has 0 bridgehead atoms. The lowest BCUT2D eigenvalue weighted by Crippen LogP contribution is -2.53. The number of hydrogen-bond donors (Lipinski definition) is 1. The third-order valence-electron chi connectivity index (χ3n) is 1.57. The molecular weight excluding hydrogens is 273 g/mol. The normalized spacial score (nSPS) is 15.5. The number of carbonyl (C=O) groups excluding carboxylic acids is 1. The second kappa shape index (κ2) is 4.75. The van der Waals surface area contributed by atoms with Gasteiger partial charge in [0.15, 0.2) is 0 Å². The van der Waals surface area contributed by atoms with Crippen molar-refractivity contribution in [2.75, 3.05) is 12.0 Å². The predicted octanol–water partition coefficient (Wildman–Crippen LogP) is 0.733. The second-order valence-corrected chi connectivity index (χ2v) is 5.72. The minimum Gasteiger partial charge on any atom is -0.347 e. The van der Waals surface area contributed by atoms with Crippen molar-refractivity contribution in [2.45, 2.75) is 25.1 Å². The van der Waals surface area contributed by atoms with Gasteiger partial charge in [-0.3, -0.25) is 4.79 Å². The molecular formula is C7H10F5NO3S. The lowest BCUT2D eigenvalue weighted by atomic mass is 10.2. The van der Waals surface area contributed by atoms with Crippen LogP contribution in [0, 0.1) is 0 Å². The Kier molecular flexibility index (Phi) is 4.49. The Balaban J connectivity index is 4.67. The van der Waals surface area contributed by atoms with E-state index in [1.165, 1.54) is 5.32 Å². The highest BCUT2D eigenvalue weighted by Gasteiger charge is 2.63. The molecule has 1 atom stereocenters. The Hall–Kier alpha value is -0.930. The minimum absolute atomic E-state index is 0.729. The largest absolute Gasteiger partial charge is 0.463 e. The van der Waals surface area contributed by atoms with E-state index in [4.69, 9.17) is 0 Å². The summed E-state index contributed by atoms with van der Waals surface area (Å²) in [6.45, 7) is 1.01. The number of carbonyl (C=O) groups is 1.